The molecule has 0 saturated heterocycles. The smallest absolute Gasteiger partial charge is 0.407 e. The van der Waals surface area contributed by atoms with Gasteiger partial charge in [0, 0.05) is 13.1 Å². The largest absolute Gasteiger partial charge is 0.444 e. The van der Waals surface area contributed by atoms with Crippen molar-refractivity contribution in [2.45, 2.75) is 58.6 Å². The zero-order chi connectivity index (χ0) is 24.0. The van der Waals surface area contributed by atoms with Crippen LogP contribution in [0.1, 0.15) is 63.3 Å². The summed E-state index contributed by atoms with van der Waals surface area (Å²) in [7, 11) is 0. The fraction of sp³-hybridized carbons (Fsp3) is 0.481. The molecule has 1 saturated carbocycles. The van der Waals surface area contributed by atoms with Gasteiger partial charge in [0.1, 0.15) is 11.4 Å². The average Bonchev–Trinajstić information content (AvgIpc) is 2.75. The van der Waals surface area contributed by atoms with Gasteiger partial charge in [-0.05, 0) is 80.7 Å². The van der Waals surface area contributed by atoms with E-state index in [1.165, 1.54) is 30.5 Å². The Morgan fingerprint density at radius 2 is 1.82 bits per heavy atom. The van der Waals surface area contributed by atoms with Gasteiger partial charge >= 0.3 is 6.09 Å². The number of halogens is 1. The number of hydrogen-bond donors (Lipinski definition) is 1. The minimum absolute atomic E-state index is 0.108. The van der Waals surface area contributed by atoms with Crippen LogP contribution in [0, 0.1) is 17.7 Å². The highest BCUT2D eigenvalue weighted by Gasteiger charge is 2.28. The van der Waals surface area contributed by atoms with E-state index in [1.807, 2.05) is 39.0 Å². The summed E-state index contributed by atoms with van der Waals surface area (Å²) in [6.07, 6.45) is 3.92. The molecule has 2 aliphatic rings. The quantitative estimate of drug-likeness (QED) is 0.622. The second-order valence-electron chi connectivity index (χ2n) is 10.1. The second kappa shape index (κ2) is 10.8. The van der Waals surface area contributed by atoms with Crippen LogP contribution in [-0.2, 0) is 16.0 Å². The van der Waals surface area contributed by atoms with E-state index in [0.717, 1.165) is 36.4 Å². The Balaban J connectivity index is 0.000000196. The molecule has 0 unspecified atom stereocenters. The van der Waals surface area contributed by atoms with Gasteiger partial charge in [-0.15, -0.1) is 0 Å². The highest BCUT2D eigenvalue weighted by Crippen LogP contribution is 2.34. The summed E-state index contributed by atoms with van der Waals surface area (Å²) >= 11 is 0. The summed E-state index contributed by atoms with van der Waals surface area (Å²) in [6, 6.07) is 14.4. The van der Waals surface area contributed by atoms with E-state index in [9.17, 15) is 14.0 Å². The molecule has 6 heteroatoms. The Labute approximate surface area is 196 Å². The molecule has 5 nitrogen and oxygen atoms in total. The van der Waals surface area contributed by atoms with Crippen LogP contribution in [0.4, 0.5) is 9.18 Å². The van der Waals surface area contributed by atoms with Gasteiger partial charge in [0.15, 0.2) is 0 Å². The van der Waals surface area contributed by atoms with E-state index < -0.39 is 5.60 Å². The van der Waals surface area contributed by atoms with Gasteiger partial charge in [0.05, 0.1) is 6.04 Å². The Morgan fingerprint density at radius 1 is 1.15 bits per heavy atom. The van der Waals surface area contributed by atoms with Crippen LogP contribution in [-0.4, -0.2) is 36.1 Å². The van der Waals surface area contributed by atoms with Crippen molar-refractivity contribution in [2.75, 3.05) is 13.1 Å². The maximum absolute atomic E-state index is 13.0. The number of carbonyl (C=O) groups is 2. The van der Waals surface area contributed by atoms with E-state index >= 15 is 0 Å². The van der Waals surface area contributed by atoms with Crippen molar-refractivity contribution in [1.29, 1.82) is 0 Å². The summed E-state index contributed by atoms with van der Waals surface area (Å²) < 4.78 is 18.2. The molecule has 1 fully saturated rings. The summed E-state index contributed by atoms with van der Waals surface area (Å²) in [5.74, 6) is 1.24. The number of nitrogens with zero attached hydrogens (tertiary/aromatic N) is 1. The molecule has 0 bridgehead atoms. The van der Waals surface area contributed by atoms with Crippen molar-refractivity contribution in [3.8, 4) is 0 Å². The molecule has 2 aromatic carbocycles. The van der Waals surface area contributed by atoms with Crippen LogP contribution in [0.2, 0.25) is 0 Å². The number of nitrogens with one attached hydrogen (secondary N) is 1. The van der Waals surface area contributed by atoms with Gasteiger partial charge in [-0.2, -0.15) is 0 Å². The molecule has 0 spiro atoms. The molecule has 2 amide bonds. The molecule has 1 heterocycles. The lowest BCUT2D eigenvalue weighted by molar-refractivity contribution is -0.119. The van der Waals surface area contributed by atoms with Gasteiger partial charge in [-0.1, -0.05) is 43.3 Å². The van der Waals surface area contributed by atoms with Crippen molar-refractivity contribution >= 4 is 12.5 Å². The lowest BCUT2D eigenvalue weighted by atomic mass is 9.76. The van der Waals surface area contributed by atoms with Crippen LogP contribution in [0.15, 0.2) is 48.5 Å². The molecule has 33 heavy (non-hydrogen) atoms. The van der Waals surface area contributed by atoms with E-state index in [2.05, 4.69) is 18.3 Å². The number of carbonyl (C=O) groups excluding carboxylic acids is 2. The Morgan fingerprint density at radius 3 is 2.42 bits per heavy atom. The maximum atomic E-state index is 13.0. The van der Waals surface area contributed by atoms with Crippen LogP contribution in [0.3, 0.4) is 0 Å². The van der Waals surface area contributed by atoms with Crippen LogP contribution in [0.25, 0.3) is 0 Å². The molecular weight excluding hydrogens is 419 g/mol. The Kier molecular flexibility index (Phi) is 8.11. The maximum Gasteiger partial charge on any atom is 0.407 e. The number of alkyl carbamates (subject to hydrolysis) is 1. The summed E-state index contributed by atoms with van der Waals surface area (Å²) in [4.78, 5) is 24.3. The van der Waals surface area contributed by atoms with Crippen LogP contribution >= 0.6 is 0 Å². The summed E-state index contributed by atoms with van der Waals surface area (Å²) in [6.45, 7) is 9.32. The number of amides is 2. The third-order valence-corrected chi connectivity index (χ3v) is 6.05. The highest BCUT2D eigenvalue weighted by atomic mass is 19.1. The Hall–Kier alpha value is -2.89. The molecule has 2 aromatic rings. The zero-order valence-corrected chi connectivity index (χ0v) is 20.0. The molecule has 1 N–H and O–H groups in total. The number of hydrogen-bond acceptors (Lipinski definition) is 3. The van der Waals surface area contributed by atoms with Crippen molar-refractivity contribution < 1.29 is 18.7 Å². The molecule has 178 valence electrons. The second-order valence-corrected chi connectivity index (χ2v) is 10.1. The zero-order valence-electron chi connectivity index (χ0n) is 20.0. The number of benzene rings is 2. The van der Waals surface area contributed by atoms with Gasteiger partial charge in [0.2, 0.25) is 6.41 Å². The lowest BCUT2D eigenvalue weighted by Crippen LogP contribution is -2.38. The van der Waals surface area contributed by atoms with Gasteiger partial charge in [-0.25, -0.2) is 9.18 Å². The first-order valence-corrected chi connectivity index (χ1v) is 11.7. The van der Waals surface area contributed by atoms with E-state index in [0.29, 0.717) is 12.5 Å². The number of fused-ring (bicyclic) bond motifs is 1. The first kappa shape index (κ1) is 24.7. The van der Waals surface area contributed by atoms with Crippen molar-refractivity contribution in [2.24, 2.45) is 11.8 Å². The van der Waals surface area contributed by atoms with Crippen molar-refractivity contribution in [1.82, 2.24) is 10.2 Å². The third kappa shape index (κ3) is 7.04. The van der Waals surface area contributed by atoms with Gasteiger partial charge in [0.25, 0.3) is 0 Å². The topological polar surface area (TPSA) is 58.6 Å². The monoisotopic (exact) mass is 454 g/mol. The average molecular weight is 455 g/mol. The Bertz CT molecular complexity index is 933. The first-order chi connectivity index (χ1) is 15.7. The molecule has 1 aliphatic carbocycles. The van der Waals surface area contributed by atoms with Crippen LogP contribution < -0.4 is 5.32 Å². The van der Waals surface area contributed by atoms with Crippen molar-refractivity contribution in [3.63, 3.8) is 0 Å². The van der Waals surface area contributed by atoms with E-state index in [-0.39, 0.29) is 18.0 Å². The third-order valence-electron chi connectivity index (χ3n) is 6.05. The minimum atomic E-state index is -0.392. The lowest BCUT2D eigenvalue weighted by Gasteiger charge is -2.35. The normalized spacial score (nSPS) is 21.6. The summed E-state index contributed by atoms with van der Waals surface area (Å²) in [5, 5.41) is 2.80. The summed E-state index contributed by atoms with van der Waals surface area (Å²) in [5.41, 5.74) is 2.94. The predicted molar refractivity (Wildman–Crippen MR) is 127 cm³/mol. The van der Waals surface area contributed by atoms with Crippen molar-refractivity contribution in [3.05, 3.63) is 71.0 Å². The standard InChI is InChI=1S/C16H14FNO.C11H21NO2/c17-14-7-5-13(6-8-14)16-15-4-2-1-3-12(15)9-10-18(16)11-19;1-8-5-9(6-8)7-12-10(13)14-11(2,3)4/h1-8,11,16H,9-10H2;8-9H,5-7H2,1-4H3,(H,12,13)/t16-;/m0./s1. The molecule has 1 aliphatic heterocycles. The van der Waals surface area contributed by atoms with E-state index in [4.69, 9.17) is 4.74 Å². The minimum Gasteiger partial charge on any atom is -0.444 e. The van der Waals surface area contributed by atoms with Gasteiger partial charge in [-0.3, -0.25) is 4.79 Å². The SMILES string of the molecule is CC1CC(CNC(=O)OC(C)(C)C)C1.O=CN1CCc2ccccc2[C@@H]1c1ccc(F)cc1. The molecule has 4 rings (SSSR count). The number of ether oxygens (including phenoxy) is 1. The fourth-order valence-corrected chi connectivity index (χ4v) is 4.49. The van der Waals surface area contributed by atoms with E-state index in [1.54, 1.807) is 17.0 Å². The molecule has 1 atom stereocenters. The first-order valence-electron chi connectivity index (χ1n) is 11.7. The van der Waals surface area contributed by atoms with Gasteiger partial charge < -0.3 is 15.0 Å². The molecule has 0 aromatic heterocycles. The predicted octanol–water partition coefficient (Wildman–Crippen LogP) is 5.49. The molecule has 0 radical (unpaired) electrons. The molecular formula is C27H35FN2O3. The fourth-order valence-electron chi connectivity index (χ4n) is 4.49. The van der Waals surface area contributed by atoms with Crippen LogP contribution in [0.5, 0.6) is 0 Å². The highest BCUT2D eigenvalue weighted by molar-refractivity contribution is 5.67. The number of rotatable bonds is 4.